The van der Waals surface area contributed by atoms with E-state index in [1.54, 1.807) is 17.7 Å². The van der Waals surface area contributed by atoms with E-state index in [0.717, 1.165) is 5.75 Å². The molecule has 0 saturated carbocycles. The second kappa shape index (κ2) is 6.52. The van der Waals surface area contributed by atoms with Crippen LogP contribution >= 0.6 is 11.8 Å². The van der Waals surface area contributed by atoms with Gasteiger partial charge in [-0.15, -0.1) is 6.58 Å². The van der Waals surface area contributed by atoms with Gasteiger partial charge < -0.3 is 4.57 Å². The quantitative estimate of drug-likeness (QED) is 0.570. The van der Waals surface area contributed by atoms with Gasteiger partial charge in [-0.2, -0.15) is 0 Å². The Balaban J connectivity index is 2.05. The molecule has 2 heterocycles. The van der Waals surface area contributed by atoms with Crippen molar-refractivity contribution in [1.82, 2.24) is 19.1 Å². The lowest BCUT2D eigenvalue weighted by molar-refractivity contribution is 0.745. The Kier molecular flexibility index (Phi) is 4.44. The molecule has 0 spiro atoms. The minimum absolute atomic E-state index is 0.386. The summed E-state index contributed by atoms with van der Waals surface area (Å²) in [4.78, 5) is 30.8. The van der Waals surface area contributed by atoms with Crippen molar-refractivity contribution in [3.8, 4) is 0 Å². The SMILES string of the molecule is C=CCn1c(SCc2ccc(C)cc2)nc2c1c(=O)[nH]c(=O)n2C. The number of aryl methyl sites for hydroxylation is 2. The van der Waals surface area contributed by atoms with Gasteiger partial charge in [0.25, 0.3) is 5.56 Å². The standard InChI is InChI=1S/C17H18N4O2S/c1-4-9-21-13-14(20(3)16(23)19-15(13)22)18-17(21)24-10-12-7-5-11(2)6-8-12/h4-8H,1,9-10H2,2-3H3,(H,19,22,23). The van der Waals surface area contributed by atoms with E-state index in [2.05, 4.69) is 40.8 Å². The van der Waals surface area contributed by atoms with Crippen molar-refractivity contribution in [2.24, 2.45) is 7.05 Å². The van der Waals surface area contributed by atoms with E-state index in [9.17, 15) is 9.59 Å². The summed E-state index contributed by atoms with van der Waals surface area (Å²) in [5, 5.41) is 0.692. The lowest BCUT2D eigenvalue weighted by Gasteiger charge is -2.06. The average Bonchev–Trinajstić information content (AvgIpc) is 2.92. The molecule has 0 amide bonds. The molecule has 0 fully saturated rings. The van der Waals surface area contributed by atoms with Crippen LogP contribution in [0.4, 0.5) is 0 Å². The van der Waals surface area contributed by atoms with Crippen molar-refractivity contribution < 1.29 is 0 Å². The highest BCUT2D eigenvalue weighted by molar-refractivity contribution is 7.98. The van der Waals surface area contributed by atoms with E-state index in [1.807, 2.05) is 6.92 Å². The van der Waals surface area contributed by atoms with Gasteiger partial charge in [-0.25, -0.2) is 9.78 Å². The first-order chi connectivity index (χ1) is 11.5. The number of thioether (sulfide) groups is 1. The largest absolute Gasteiger partial charge is 0.329 e. The van der Waals surface area contributed by atoms with Gasteiger partial charge in [-0.05, 0) is 12.5 Å². The third-order valence-electron chi connectivity index (χ3n) is 3.77. The van der Waals surface area contributed by atoms with Gasteiger partial charge in [0.05, 0.1) is 0 Å². The minimum Gasteiger partial charge on any atom is -0.309 e. The molecule has 24 heavy (non-hydrogen) atoms. The molecule has 0 unspecified atom stereocenters. The van der Waals surface area contributed by atoms with Crippen LogP contribution in [-0.4, -0.2) is 19.1 Å². The molecule has 3 rings (SSSR count). The fourth-order valence-electron chi connectivity index (χ4n) is 2.46. The third kappa shape index (κ3) is 2.94. The van der Waals surface area contributed by atoms with E-state index in [0.29, 0.717) is 22.9 Å². The van der Waals surface area contributed by atoms with Gasteiger partial charge in [0.2, 0.25) is 0 Å². The van der Waals surface area contributed by atoms with Gasteiger partial charge in [-0.1, -0.05) is 47.7 Å². The van der Waals surface area contributed by atoms with Crippen LogP contribution in [0.15, 0.2) is 51.7 Å². The Labute approximate surface area is 142 Å². The molecular formula is C17H18N4O2S. The smallest absolute Gasteiger partial charge is 0.309 e. The summed E-state index contributed by atoms with van der Waals surface area (Å²) in [5.74, 6) is 0.729. The van der Waals surface area contributed by atoms with E-state index < -0.39 is 11.2 Å². The molecular weight excluding hydrogens is 324 g/mol. The highest BCUT2D eigenvalue weighted by Crippen LogP contribution is 2.25. The fourth-order valence-corrected chi connectivity index (χ4v) is 3.42. The van der Waals surface area contributed by atoms with E-state index in [-0.39, 0.29) is 0 Å². The lowest BCUT2D eigenvalue weighted by Crippen LogP contribution is -2.29. The summed E-state index contributed by atoms with van der Waals surface area (Å²) in [7, 11) is 1.60. The van der Waals surface area contributed by atoms with Gasteiger partial charge in [0.1, 0.15) is 0 Å². The van der Waals surface area contributed by atoms with Crippen LogP contribution in [0.2, 0.25) is 0 Å². The first-order valence-electron chi connectivity index (χ1n) is 7.50. The van der Waals surface area contributed by atoms with Crippen LogP contribution in [-0.2, 0) is 19.3 Å². The van der Waals surface area contributed by atoms with Crippen molar-refractivity contribution in [3.05, 3.63) is 68.9 Å². The molecule has 3 aromatic rings. The highest BCUT2D eigenvalue weighted by atomic mass is 32.2. The fraction of sp³-hybridized carbons (Fsp3) is 0.235. The van der Waals surface area contributed by atoms with E-state index >= 15 is 0 Å². The summed E-state index contributed by atoms with van der Waals surface area (Å²) >= 11 is 1.53. The van der Waals surface area contributed by atoms with Crippen molar-refractivity contribution in [1.29, 1.82) is 0 Å². The molecule has 0 atom stereocenters. The molecule has 1 aromatic carbocycles. The molecule has 0 bridgehead atoms. The Hall–Kier alpha value is -2.54. The summed E-state index contributed by atoms with van der Waals surface area (Å²) in [6.45, 7) is 6.24. The van der Waals surface area contributed by atoms with E-state index in [4.69, 9.17) is 0 Å². The number of hydrogen-bond donors (Lipinski definition) is 1. The van der Waals surface area contributed by atoms with Crippen LogP contribution in [0.1, 0.15) is 11.1 Å². The van der Waals surface area contributed by atoms with Crippen molar-refractivity contribution in [3.63, 3.8) is 0 Å². The van der Waals surface area contributed by atoms with Crippen LogP contribution in [0, 0.1) is 6.92 Å². The second-order valence-electron chi connectivity index (χ2n) is 5.56. The number of aromatic nitrogens is 4. The topological polar surface area (TPSA) is 72.7 Å². The molecule has 0 aliphatic rings. The number of benzene rings is 1. The maximum atomic E-state index is 12.2. The summed E-state index contributed by atoms with van der Waals surface area (Å²) in [5.41, 5.74) is 2.27. The van der Waals surface area contributed by atoms with Crippen molar-refractivity contribution in [2.45, 2.75) is 24.4 Å². The predicted molar refractivity (Wildman–Crippen MR) is 96.5 cm³/mol. The van der Waals surface area contributed by atoms with Crippen LogP contribution in [0.25, 0.3) is 11.2 Å². The van der Waals surface area contributed by atoms with Crippen molar-refractivity contribution >= 4 is 22.9 Å². The van der Waals surface area contributed by atoms with Crippen LogP contribution in [0.5, 0.6) is 0 Å². The second-order valence-corrected chi connectivity index (χ2v) is 6.50. The van der Waals surface area contributed by atoms with Gasteiger partial charge >= 0.3 is 5.69 Å². The summed E-state index contributed by atoms with van der Waals surface area (Å²) < 4.78 is 3.14. The maximum absolute atomic E-state index is 12.2. The molecule has 6 nitrogen and oxygen atoms in total. The van der Waals surface area contributed by atoms with Crippen LogP contribution < -0.4 is 11.2 Å². The first-order valence-corrected chi connectivity index (χ1v) is 8.48. The van der Waals surface area contributed by atoms with Crippen molar-refractivity contribution in [2.75, 3.05) is 0 Å². The highest BCUT2D eigenvalue weighted by Gasteiger charge is 2.16. The van der Waals surface area contributed by atoms with E-state index in [1.165, 1.54) is 27.5 Å². The zero-order valence-electron chi connectivity index (χ0n) is 13.6. The maximum Gasteiger partial charge on any atom is 0.329 e. The van der Waals surface area contributed by atoms with Crippen LogP contribution in [0.3, 0.4) is 0 Å². The number of imidazole rings is 1. The van der Waals surface area contributed by atoms with Gasteiger partial charge in [0, 0.05) is 19.3 Å². The normalized spacial score (nSPS) is 11.1. The zero-order valence-corrected chi connectivity index (χ0v) is 14.4. The average molecular weight is 342 g/mol. The molecule has 0 aliphatic carbocycles. The number of hydrogen-bond acceptors (Lipinski definition) is 4. The number of allylic oxidation sites excluding steroid dienone is 1. The Bertz CT molecular complexity index is 1010. The van der Waals surface area contributed by atoms with Gasteiger partial charge in [0.15, 0.2) is 16.3 Å². The van der Waals surface area contributed by atoms with Gasteiger partial charge in [-0.3, -0.25) is 14.3 Å². The predicted octanol–water partition coefficient (Wildman–Crippen LogP) is 2.21. The summed E-state index contributed by atoms with van der Waals surface area (Å²) in [6, 6.07) is 8.28. The Morgan fingerprint density at radius 3 is 2.67 bits per heavy atom. The monoisotopic (exact) mass is 342 g/mol. The third-order valence-corrected chi connectivity index (χ3v) is 4.82. The number of rotatable bonds is 5. The number of fused-ring (bicyclic) bond motifs is 1. The minimum atomic E-state index is -0.467. The molecule has 0 radical (unpaired) electrons. The number of nitrogens with zero attached hydrogens (tertiary/aromatic N) is 3. The molecule has 124 valence electrons. The molecule has 0 aliphatic heterocycles. The Morgan fingerprint density at radius 1 is 1.29 bits per heavy atom. The molecule has 0 saturated heterocycles. The number of H-pyrrole nitrogens is 1. The lowest BCUT2D eigenvalue weighted by atomic mass is 10.2. The summed E-state index contributed by atoms with van der Waals surface area (Å²) in [6.07, 6.45) is 1.71. The number of aromatic amines is 1. The number of nitrogens with one attached hydrogen (secondary N) is 1. The molecule has 2 aromatic heterocycles. The molecule has 7 heteroatoms. The Morgan fingerprint density at radius 2 is 2.00 bits per heavy atom. The molecule has 1 N–H and O–H groups in total. The zero-order chi connectivity index (χ0) is 17.3. The first kappa shape index (κ1) is 16.3.